The lowest BCUT2D eigenvalue weighted by molar-refractivity contribution is 0.343. The zero-order chi connectivity index (χ0) is 30.5. The molecule has 10 nitrogen and oxygen atoms in total. The van der Waals surface area contributed by atoms with E-state index in [0.29, 0.717) is 19.0 Å². The average molecular weight is 588 g/mol. The van der Waals surface area contributed by atoms with E-state index >= 15 is 0 Å². The summed E-state index contributed by atoms with van der Waals surface area (Å²) in [6, 6.07) is 32.6. The first-order valence-electron chi connectivity index (χ1n) is 14.0. The molecule has 222 valence electrons. The molecule has 0 saturated carbocycles. The van der Waals surface area contributed by atoms with Crippen LogP contribution in [0.5, 0.6) is 0 Å². The molecular formula is C31H44N10P+. The fourth-order valence-electron chi connectivity index (χ4n) is 5.09. The third kappa shape index (κ3) is 8.78. The first-order chi connectivity index (χ1) is 20.1. The van der Waals surface area contributed by atoms with E-state index in [2.05, 4.69) is 101 Å². The van der Waals surface area contributed by atoms with Crippen LogP contribution in [0.3, 0.4) is 0 Å². The highest BCUT2D eigenvalue weighted by Crippen LogP contribution is 2.56. The van der Waals surface area contributed by atoms with Gasteiger partial charge in [0.05, 0.1) is 6.16 Å². The van der Waals surface area contributed by atoms with Gasteiger partial charge in [0.2, 0.25) is 11.9 Å². The van der Waals surface area contributed by atoms with Gasteiger partial charge >= 0.3 is 0 Å². The second kappa shape index (κ2) is 15.5. The molecule has 0 spiro atoms. The van der Waals surface area contributed by atoms with Gasteiger partial charge in [-0.25, -0.2) is 0 Å². The molecule has 0 saturated heterocycles. The Morgan fingerprint density at radius 1 is 0.619 bits per heavy atom. The van der Waals surface area contributed by atoms with Gasteiger partial charge in [-0.05, 0) is 61.6 Å². The first-order valence-corrected chi connectivity index (χ1v) is 15.9. The van der Waals surface area contributed by atoms with Crippen molar-refractivity contribution in [1.29, 1.82) is 10.8 Å². The highest BCUT2D eigenvalue weighted by atomic mass is 31.2. The minimum atomic E-state index is -1.99. The van der Waals surface area contributed by atoms with Crippen LogP contribution >= 0.6 is 7.26 Å². The Labute approximate surface area is 249 Å². The van der Waals surface area contributed by atoms with Crippen LogP contribution in [-0.4, -0.2) is 67.0 Å². The largest absolute Gasteiger partial charge is 0.369 e. The zero-order valence-corrected chi connectivity index (χ0v) is 25.4. The van der Waals surface area contributed by atoms with Gasteiger partial charge in [0.15, 0.2) is 11.9 Å². The maximum Gasteiger partial charge on any atom is 0.215 e. The minimum absolute atomic E-state index is 0.218. The summed E-state index contributed by atoms with van der Waals surface area (Å²) >= 11 is 0. The Bertz CT molecular complexity index is 1210. The first kappa shape index (κ1) is 32.1. The van der Waals surface area contributed by atoms with E-state index in [-0.39, 0.29) is 23.8 Å². The fraction of sp³-hybridized carbons (Fsp3) is 0.290. The summed E-state index contributed by atoms with van der Waals surface area (Å²) in [5.41, 5.74) is 23.0. The van der Waals surface area contributed by atoms with Crippen LogP contribution in [0.25, 0.3) is 0 Å². The number of aliphatic imine (C=N–C) groups is 2. The Balaban J connectivity index is 1.96. The van der Waals surface area contributed by atoms with Crippen molar-refractivity contribution in [3.63, 3.8) is 0 Å². The molecule has 11 heteroatoms. The van der Waals surface area contributed by atoms with E-state index < -0.39 is 7.26 Å². The normalized spacial score (nSPS) is 12.9. The predicted molar refractivity (Wildman–Crippen MR) is 180 cm³/mol. The topological polar surface area (TPSA) is 183 Å². The van der Waals surface area contributed by atoms with E-state index in [1.54, 1.807) is 0 Å². The third-order valence-electron chi connectivity index (χ3n) is 7.46. The number of nitrogens with zero attached hydrogens (tertiary/aromatic N) is 4. The van der Waals surface area contributed by atoms with E-state index in [4.69, 9.17) is 33.8 Å². The molecule has 3 rings (SSSR count). The van der Waals surface area contributed by atoms with E-state index in [9.17, 15) is 0 Å². The summed E-state index contributed by atoms with van der Waals surface area (Å²) in [6.07, 6.45) is 3.64. The number of nitrogens with one attached hydrogen (secondary N) is 2. The molecule has 0 aromatic heterocycles. The lowest BCUT2D eigenvalue weighted by Crippen LogP contribution is -2.39. The summed E-state index contributed by atoms with van der Waals surface area (Å²) in [7, 11) is 1.73. The summed E-state index contributed by atoms with van der Waals surface area (Å²) < 4.78 is 0. The molecular weight excluding hydrogens is 543 g/mol. The number of rotatable bonds is 12. The van der Waals surface area contributed by atoms with Crippen molar-refractivity contribution in [2.45, 2.75) is 19.3 Å². The maximum absolute atomic E-state index is 7.45. The Morgan fingerprint density at radius 2 is 0.952 bits per heavy atom. The quantitative estimate of drug-likeness (QED) is 0.107. The number of hydrogen-bond acceptors (Lipinski definition) is 2. The smallest absolute Gasteiger partial charge is 0.215 e. The van der Waals surface area contributed by atoms with Crippen molar-refractivity contribution in [1.82, 2.24) is 9.80 Å². The molecule has 0 aliphatic carbocycles. The van der Waals surface area contributed by atoms with Crippen molar-refractivity contribution < 1.29 is 0 Å². The summed E-state index contributed by atoms with van der Waals surface area (Å²) in [4.78, 5) is 11.5. The molecule has 0 unspecified atom stereocenters. The molecule has 0 bridgehead atoms. The van der Waals surface area contributed by atoms with Crippen molar-refractivity contribution in [3.8, 4) is 0 Å². The van der Waals surface area contributed by atoms with Crippen LogP contribution in [0.1, 0.15) is 19.3 Å². The van der Waals surface area contributed by atoms with Gasteiger partial charge < -0.3 is 32.7 Å². The van der Waals surface area contributed by atoms with Crippen LogP contribution in [-0.2, 0) is 0 Å². The van der Waals surface area contributed by atoms with Gasteiger partial charge in [0, 0.05) is 27.2 Å². The van der Waals surface area contributed by atoms with Gasteiger partial charge in [-0.15, -0.1) is 0 Å². The van der Waals surface area contributed by atoms with Crippen LogP contribution < -0.4 is 38.8 Å². The molecule has 0 aliphatic heterocycles. The molecule has 0 fully saturated rings. The predicted octanol–water partition coefficient (Wildman–Crippen LogP) is 2.05. The fourth-order valence-corrected chi connectivity index (χ4v) is 9.55. The molecule has 0 aliphatic rings. The average Bonchev–Trinajstić information content (AvgIpc) is 2.99. The van der Waals surface area contributed by atoms with Crippen LogP contribution in [0.2, 0.25) is 0 Å². The SMILES string of the molecule is CN(CCC(CCN(C)/C(N)=N/C(=N)N)CC[P+](c1ccccc1)(c1ccccc1)c1ccccc1)/C(N)=N/C(=N)N. The second-order valence-corrected chi connectivity index (χ2v) is 13.9. The molecule has 0 radical (unpaired) electrons. The Morgan fingerprint density at radius 3 is 1.26 bits per heavy atom. The summed E-state index contributed by atoms with van der Waals surface area (Å²) in [6.45, 7) is 1.31. The maximum atomic E-state index is 7.45. The zero-order valence-electron chi connectivity index (χ0n) is 24.5. The molecule has 3 aromatic rings. The van der Waals surface area contributed by atoms with Crippen molar-refractivity contribution in [2.24, 2.45) is 38.8 Å². The number of guanidine groups is 4. The van der Waals surface area contributed by atoms with E-state index in [1.807, 2.05) is 23.9 Å². The molecule has 3 aromatic carbocycles. The molecule has 10 N–H and O–H groups in total. The standard InChI is InChI=1S/C31H44N10P/c1-40(30(36)38-28(32)33)21-18-24(19-22-41(2)31(37)39-29(34)35)20-23-42(25-12-6-3-7-13-25,26-14-8-4-9-15-26)27-16-10-5-11-17-27/h3-17,24H,18-23H2,1-2H3,(H5,32,33,36,38)(H5,34,35,37,39)/q+1. The number of benzene rings is 3. The minimum Gasteiger partial charge on any atom is -0.369 e. The van der Waals surface area contributed by atoms with Crippen LogP contribution in [0.4, 0.5) is 0 Å². The van der Waals surface area contributed by atoms with Crippen LogP contribution in [0.15, 0.2) is 101 Å². The van der Waals surface area contributed by atoms with Gasteiger partial charge in [-0.2, -0.15) is 9.98 Å². The Kier molecular flexibility index (Phi) is 11.9. The van der Waals surface area contributed by atoms with Crippen molar-refractivity contribution >= 4 is 47.0 Å². The molecule has 0 atom stereocenters. The summed E-state index contributed by atoms with van der Waals surface area (Å²) in [5.74, 6) is 0.106. The van der Waals surface area contributed by atoms with Crippen molar-refractivity contribution in [2.75, 3.05) is 33.3 Å². The lowest BCUT2D eigenvalue weighted by atomic mass is 9.98. The molecule has 42 heavy (non-hydrogen) atoms. The Hall–Kier alpha value is -4.43. The van der Waals surface area contributed by atoms with E-state index in [1.165, 1.54) is 15.9 Å². The molecule has 0 amide bonds. The third-order valence-corrected chi connectivity index (χ3v) is 11.9. The molecule has 0 heterocycles. The lowest BCUT2D eigenvalue weighted by Gasteiger charge is -2.30. The summed E-state index contributed by atoms with van der Waals surface area (Å²) in [5, 5.41) is 19.0. The highest BCUT2D eigenvalue weighted by Gasteiger charge is 2.45. The number of nitrogens with two attached hydrogens (primary N) is 4. The number of hydrogen-bond donors (Lipinski definition) is 6. The van der Waals surface area contributed by atoms with Gasteiger partial charge in [-0.3, -0.25) is 10.8 Å². The van der Waals surface area contributed by atoms with Crippen molar-refractivity contribution in [3.05, 3.63) is 91.0 Å². The van der Waals surface area contributed by atoms with Gasteiger partial charge in [0.1, 0.15) is 23.2 Å². The second-order valence-electron chi connectivity index (χ2n) is 10.3. The van der Waals surface area contributed by atoms with E-state index in [0.717, 1.165) is 25.4 Å². The monoisotopic (exact) mass is 587 g/mol. The van der Waals surface area contributed by atoms with Gasteiger partial charge in [-0.1, -0.05) is 54.6 Å². The van der Waals surface area contributed by atoms with Gasteiger partial charge in [0.25, 0.3) is 0 Å². The highest BCUT2D eigenvalue weighted by molar-refractivity contribution is 7.95. The van der Waals surface area contributed by atoms with Crippen LogP contribution in [0, 0.1) is 16.7 Å².